The number of hydrogen-bond acceptors (Lipinski definition) is 3. The van der Waals surface area contributed by atoms with Crippen molar-refractivity contribution in [3.05, 3.63) is 29.8 Å². The van der Waals surface area contributed by atoms with Crippen molar-refractivity contribution in [2.45, 2.75) is 36.5 Å². The summed E-state index contributed by atoms with van der Waals surface area (Å²) in [4.78, 5) is 23.7. The monoisotopic (exact) mass is 279 g/mol. The molecule has 19 heavy (non-hydrogen) atoms. The van der Waals surface area contributed by atoms with Crippen LogP contribution in [0.25, 0.3) is 0 Å². The van der Waals surface area contributed by atoms with E-state index in [1.54, 1.807) is 25.1 Å². The minimum Gasteiger partial charge on any atom is -0.480 e. The lowest BCUT2D eigenvalue weighted by Crippen LogP contribution is -2.27. The molecule has 1 aliphatic carbocycles. The van der Waals surface area contributed by atoms with Gasteiger partial charge in [0.05, 0.1) is 5.56 Å². The summed E-state index contributed by atoms with van der Waals surface area (Å²) in [5.74, 6) is -0.451. The Hall–Kier alpha value is -1.49. The first-order chi connectivity index (χ1) is 8.99. The molecule has 1 fully saturated rings. The van der Waals surface area contributed by atoms with E-state index < -0.39 is 11.2 Å². The van der Waals surface area contributed by atoms with Crippen molar-refractivity contribution in [1.29, 1.82) is 0 Å². The highest BCUT2D eigenvalue weighted by molar-refractivity contribution is 8.00. The lowest BCUT2D eigenvalue weighted by molar-refractivity contribution is -0.136. The highest BCUT2D eigenvalue weighted by atomic mass is 32.2. The van der Waals surface area contributed by atoms with Gasteiger partial charge in [-0.05, 0) is 31.4 Å². The van der Waals surface area contributed by atoms with Crippen molar-refractivity contribution in [2.75, 3.05) is 0 Å². The van der Waals surface area contributed by atoms with Crippen molar-refractivity contribution in [3.63, 3.8) is 0 Å². The van der Waals surface area contributed by atoms with E-state index >= 15 is 0 Å². The van der Waals surface area contributed by atoms with Crippen LogP contribution in [0.5, 0.6) is 0 Å². The molecule has 3 unspecified atom stereocenters. The Morgan fingerprint density at radius 1 is 1.42 bits per heavy atom. The molecule has 0 bridgehead atoms. The molecule has 1 saturated carbocycles. The molecular formula is C14H17NO3S. The smallest absolute Gasteiger partial charge is 0.316 e. The Balaban J connectivity index is 2.11. The maximum atomic E-state index is 12.1. The third-order valence-electron chi connectivity index (χ3n) is 3.21. The molecule has 1 aromatic carbocycles. The zero-order valence-corrected chi connectivity index (χ0v) is 11.7. The maximum Gasteiger partial charge on any atom is 0.316 e. The topological polar surface area (TPSA) is 66.4 Å². The van der Waals surface area contributed by atoms with Gasteiger partial charge in [-0.2, -0.15) is 0 Å². The summed E-state index contributed by atoms with van der Waals surface area (Å²) in [6, 6.07) is 7.39. The highest BCUT2D eigenvalue weighted by Gasteiger charge is 2.34. The van der Waals surface area contributed by atoms with Gasteiger partial charge in [-0.25, -0.2) is 0 Å². The van der Waals surface area contributed by atoms with Crippen LogP contribution in [0.1, 0.15) is 30.6 Å². The van der Waals surface area contributed by atoms with Crippen LogP contribution in [0.15, 0.2) is 29.2 Å². The number of thioether (sulfide) groups is 1. The van der Waals surface area contributed by atoms with Gasteiger partial charge < -0.3 is 10.4 Å². The van der Waals surface area contributed by atoms with E-state index in [0.29, 0.717) is 16.4 Å². The maximum absolute atomic E-state index is 12.1. The zero-order valence-electron chi connectivity index (χ0n) is 10.9. The fourth-order valence-electron chi connectivity index (χ4n) is 1.77. The number of rotatable bonds is 5. The third kappa shape index (κ3) is 3.50. The highest BCUT2D eigenvalue weighted by Crippen LogP contribution is 2.31. The second kappa shape index (κ2) is 5.65. The molecule has 0 saturated heterocycles. The normalized spacial score (nSPS) is 22.6. The Morgan fingerprint density at radius 3 is 2.63 bits per heavy atom. The number of carbonyl (C=O) groups excluding carboxylic acids is 1. The Bertz CT molecular complexity index is 503. The number of benzene rings is 1. The van der Waals surface area contributed by atoms with Crippen molar-refractivity contribution in [3.8, 4) is 0 Å². The first kappa shape index (κ1) is 13.9. The minimum atomic E-state index is -0.879. The summed E-state index contributed by atoms with van der Waals surface area (Å²) in [5.41, 5.74) is 0.555. The van der Waals surface area contributed by atoms with E-state index in [2.05, 4.69) is 12.2 Å². The molecule has 0 aliphatic heterocycles. The van der Waals surface area contributed by atoms with Gasteiger partial charge in [0.15, 0.2) is 0 Å². The van der Waals surface area contributed by atoms with Crippen LogP contribution in [0, 0.1) is 5.92 Å². The molecule has 5 heteroatoms. The van der Waals surface area contributed by atoms with Gasteiger partial charge in [-0.15, -0.1) is 11.8 Å². The molecule has 4 nitrogen and oxygen atoms in total. The SMILES string of the molecule is CC(Sc1ccccc1C(=O)NC1CC1C)C(=O)O. The van der Waals surface area contributed by atoms with Crippen LogP contribution in [-0.4, -0.2) is 28.3 Å². The van der Waals surface area contributed by atoms with Crippen LogP contribution in [-0.2, 0) is 4.79 Å². The van der Waals surface area contributed by atoms with Gasteiger partial charge >= 0.3 is 5.97 Å². The predicted molar refractivity (Wildman–Crippen MR) is 74.4 cm³/mol. The number of nitrogens with one attached hydrogen (secondary N) is 1. The largest absolute Gasteiger partial charge is 0.480 e. The number of amides is 1. The fraction of sp³-hybridized carbons (Fsp3) is 0.429. The molecule has 1 amide bonds. The van der Waals surface area contributed by atoms with Crippen LogP contribution in [0.2, 0.25) is 0 Å². The van der Waals surface area contributed by atoms with Gasteiger partial charge in [0.1, 0.15) is 5.25 Å². The van der Waals surface area contributed by atoms with Gasteiger partial charge in [0.25, 0.3) is 5.91 Å². The van der Waals surface area contributed by atoms with Crippen LogP contribution >= 0.6 is 11.8 Å². The Morgan fingerprint density at radius 2 is 2.05 bits per heavy atom. The summed E-state index contributed by atoms with van der Waals surface area (Å²) in [6.45, 7) is 3.71. The first-order valence-electron chi connectivity index (χ1n) is 6.28. The van der Waals surface area contributed by atoms with Crippen LogP contribution < -0.4 is 5.32 Å². The van der Waals surface area contributed by atoms with Crippen molar-refractivity contribution >= 4 is 23.6 Å². The average Bonchev–Trinajstić information content (AvgIpc) is 3.05. The number of carbonyl (C=O) groups is 2. The predicted octanol–water partition coefficient (Wildman–Crippen LogP) is 2.39. The van der Waals surface area contributed by atoms with Gasteiger partial charge in [0.2, 0.25) is 0 Å². The molecule has 0 heterocycles. The van der Waals surface area contributed by atoms with Crippen molar-refractivity contribution < 1.29 is 14.7 Å². The fourth-order valence-corrected chi connectivity index (χ4v) is 2.69. The molecule has 2 rings (SSSR count). The minimum absolute atomic E-state index is 0.116. The summed E-state index contributed by atoms with van der Waals surface area (Å²) in [7, 11) is 0. The number of hydrogen-bond donors (Lipinski definition) is 2. The Labute approximate surface area is 116 Å². The van der Waals surface area contributed by atoms with E-state index in [9.17, 15) is 9.59 Å². The van der Waals surface area contributed by atoms with Gasteiger partial charge in [0, 0.05) is 10.9 Å². The van der Waals surface area contributed by atoms with E-state index in [4.69, 9.17) is 5.11 Å². The first-order valence-corrected chi connectivity index (χ1v) is 7.16. The van der Waals surface area contributed by atoms with E-state index in [-0.39, 0.29) is 11.9 Å². The van der Waals surface area contributed by atoms with Crippen LogP contribution in [0.3, 0.4) is 0 Å². The van der Waals surface area contributed by atoms with Crippen molar-refractivity contribution in [1.82, 2.24) is 5.32 Å². The van der Waals surface area contributed by atoms with Crippen molar-refractivity contribution in [2.24, 2.45) is 5.92 Å². The molecule has 2 N–H and O–H groups in total. The summed E-state index contributed by atoms with van der Waals surface area (Å²) >= 11 is 1.19. The number of carboxylic acid groups (broad SMARTS) is 1. The second-order valence-corrected chi connectivity index (χ2v) is 6.27. The molecule has 102 valence electrons. The molecular weight excluding hydrogens is 262 g/mol. The van der Waals surface area contributed by atoms with Gasteiger partial charge in [-0.1, -0.05) is 19.1 Å². The van der Waals surface area contributed by atoms with E-state index in [1.165, 1.54) is 11.8 Å². The molecule has 1 aromatic rings. The van der Waals surface area contributed by atoms with E-state index in [0.717, 1.165) is 6.42 Å². The molecule has 0 radical (unpaired) electrons. The summed E-state index contributed by atoms with van der Waals surface area (Å²) in [5, 5.41) is 11.3. The molecule has 3 atom stereocenters. The van der Waals surface area contributed by atoms with E-state index in [1.807, 2.05) is 6.07 Å². The lowest BCUT2D eigenvalue weighted by Gasteiger charge is -2.11. The Kier molecular flexibility index (Phi) is 4.14. The lowest BCUT2D eigenvalue weighted by atomic mass is 10.2. The zero-order chi connectivity index (χ0) is 14.0. The standard InChI is InChI=1S/C14H17NO3S/c1-8-7-11(8)15-13(16)10-5-3-4-6-12(10)19-9(2)14(17)18/h3-6,8-9,11H,7H2,1-2H3,(H,15,16)(H,17,18). The average molecular weight is 279 g/mol. The van der Waals surface area contributed by atoms with Crippen LogP contribution in [0.4, 0.5) is 0 Å². The quantitative estimate of drug-likeness (QED) is 0.812. The molecule has 0 spiro atoms. The summed E-state index contributed by atoms with van der Waals surface area (Å²) < 4.78 is 0. The third-order valence-corrected chi connectivity index (χ3v) is 4.37. The molecule has 0 aromatic heterocycles. The molecule has 1 aliphatic rings. The number of carboxylic acids is 1. The number of aliphatic carboxylic acids is 1. The summed E-state index contributed by atoms with van der Waals surface area (Å²) in [6.07, 6.45) is 1.02. The second-order valence-electron chi connectivity index (χ2n) is 4.89. The van der Waals surface area contributed by atoms with Gasteiger partial charge in [-0.3, -0.25) is 9.59 Å².